The smallest absolute Gasteiger partial charge is 0.161 e. The van der Waals surface area contributed by atoms with E-state index in [2.05, 4.69) is 12.2 Å². The summed E-state index contributed by atoms with van der Waals surface area (Å²) in [7, 11) is 1.64. The van der Waals surface area contributed by atoms with Gasteiger partial charge in [0.25, 0.3) is 0 Å². The molecule has 0 bridgehead atoms. The molecule has 0 aliphatic rings. The molecular formula is C17H20ClNO2. The van der Waals surface area contributed by atoms with Crippen LogP contribution in [-0.2, 0) is 6.54 Å². The van der Waals surface area contributed by atoms with Crippen LogP contribution in [0.5, 0.6) is 11.5 Å². The molecule has 21 heavy (non-hydrogen) atoms. The summed E-state index contributed by atoms with van der Waals surface area (Å²) in [4.78, 5) is 0. The summed E-state index contributed by atoms with van der Waals surface area (Å²) in [6.45, 7) is 5.32. The molecule has 0 aromatic heterocycles. The third kappa shape index (κ3) is 4.05. The van der Waals surface area contributed by atoms with Gasteiger partial charge in [-0.05, 0) is 49.2 Å². The lowest BCUT2D eigenvalue weighted by Gasteiger charge is -2.13. The Labute approximate surface area is 130 Å². The van der Waals surface area contributed by atoms with Crippen LogP contribution in [0.25, 0.3) is 0 Å². The Kier molecular flexibility index (Phi) is 5.34. The summed E-state index contributed by atoms with van der Waals surface area (Å²) in [5, 5.41) is 4.13. The fourth-order valence-electron chi connectivity index (χ4n) is 2.08. The van der Waals surface area contributed by atoms with Gasteiger partial charge in [-0.25, -0.2) is 0 Å². The molecule has 0 saturated carbocycles. The monoisotopic (exact) mass is 305 g/mol. The maximum absolute atomic E-state index is 6.03. The SMILES string of the molecule is CCOc1cc(CNc2cc(Cl)ccc2C)ccc1OC. The van der Waals surface area contributed by atoms with Crippen molar-refractivity contribution in [2.75, 3.05) is 19.0 Å². The maximum atomic E-state index is 6.03. The standard InChI is InChI=1S/C17H20ClNO2/c1-4-21-17-9-13(6-8-16(17)20-3)11-19-15-10-14(18)7-5-12(15)2/h5-10,19H,4,11H2,1-3H3. The number of methoxy groups -OCH3 is 1. The van der Waals surface area contributed by atoms with Gasteiger partial charge in [0.2, 0.25) is 0 Å². The van der Waals surface area contributed by atoms with Gasteiger partial charge in [-0.15, -0.1) is 0 Å². The number of ether oxygens (including phenoxy) is 2. The minimum Gasteiger partial charge on any atom is -0.493 e. The fourth-order valence-corrected chi connectivity index (χ4v) is 2.25. The summed E-state index contributed by atoms with van der Waals surface area (Å²) in [6, 6.07) is 11.8. The molecule has 0 saturated heterocycles. The van der Waals surface area contributed by atoms with Crippen molar-refractivity contribution in [3.8, 4) is 11.5 Å². The zero-order valence-corrected chi connectivity index (χ0v) is 13.3. The first kappa shape index (κ1) is 15.5. The van der Waals surface area contributed by atoms with Gasteiger partial charge in [0.15, 0.2) is 11.5 Å². The Balaban J connectivity index is 2.12. The first-order valence-electron chi connectivity index (χ1n) is 6.93. The molecule has 112 valence electrons. The molecule has 0 heterocycles. The first-order chi connectivity index (χ1) is 10.1. The van der Waals surface area contributed by atoms with Crippen molar-refractivity contribution in [3.05, 3.63) is 52.5 Å². The van der Waals surface area contributed by atoms with Gasteiger partial charge in [0.05, 0.1) is 13.7 Å². The summed E-state index contributed by atoms with van der Waals surface area (Å²) in [5.74, 6) is 1.52. The average molecular weight is 306 g/mol. The van der Waals surface area contributed by atoms with E-state index < -0.39 is 0 Å². The molecule has 0 unspecified atom stereocenters. The molecule has 0 spiro atoms. The number of hydrogen-bond donors (Lipinski definition) is 1. The van der Waals surface area contributed by atoms with Crippen molar-refractivity contribution in [2.45, 2.75) is 20.4 Å². The highest BCUT2D eigenvalue weighted by molar-refractivity contribution is 6.30. The number of nitrogens with one attached hydrogen (secondary N) is 1. The summed E-state index contributed by atoms with van der Waals surface area (Å²) >= 11 is 6.03. The number of benzene rings is 2. The van der Waals surface area contributed by atoms with Gasteiger partial charge in [0.1, 0.15) is 0 Å². The summed E-state index contributed by atoms with van der Waals surface area (Å²) in [6.07, 6.45) is 0. The van der Waals surface area contributed by atoms with Crippen molar-refractivity contribution in [3.63, 3.8) is 0 Å². The van der Waals surface area contributed by atoms with Crippen molar-refractivity contribution >= 4 is 17.3 Å². The molecule has 0 amide bonds. The Hall–Kier alpha value is -1.87. The first-order valence-corrected chi connectivity index (χ1v) is 7.31. The molecule has 0 aliphatic heterocycles. The molecule has 0 aliphatic carbocycles. The molecule has 2 aromatic carbocycles. The third-order valence-electron chi connectivity index (χ3n) is 3.21. The minimum absolute atomic E-state index is 0.612. The lowest BCUT2D eigenvalue weighted by molar-refractivity contribution is 0.310. The van der Waals surface area contributed by atoms with Crippen molar-refractivity contribution in [2.24, 2.45) is 0 Å². The van der Waals surface area contributed by atoms with Crippen LogP contribution in [0.4, 0.5) is 5.69 Å². The summed E-state index contributed by atoms with van der Waals surface area (Å²) < 4.78 is 10.9. The molecule has 2 rings (SSSR count). The third-order valence-corrected chi connectivity index (χ3v) is 3.45. The van der Waals surface area contributed by atoms with Gasteiger partial charge in [0, 0.05) is 17.3 Å². The topological polar surface area (TPSA) is 30.5 Å². The van der Waals surface area contributed by atoms with E-state index in [-0.39, 0.29) is 0 Å². The highest BCUT2D eigenvalue weighted by Crippen LogP contribution is 2.28. The number of aryl methyl sites for hydroxylation is 1. The highest BCUT2D eigenvalue weighted by atomic mass is 35.5. The van der Waals surface area contributed by atoms with Gasteiger partial charge >= 0.3 is 0 Å². The Morgan fingerprint density at radius 1 is 1.10 bits per heavy atom. The molecule has 3 nitrogen and oxygen atoms in total. The normalized spacial score (nSPS) is 10.3. The van der Waals surface area contributed by atoms with Gasteiger partial charge < -0.3 is 14.8 Å². The van der Waals surface area contributed by atoms with Crippen LogP contribution in [0.3, 0.4) is 0 Å². The van der Waals surface area contributed by atoms with E-state index in [9.17, 15) is 0 Å². The van der Waals surface area contributed by atoms with Crippen LogP contribution in [0.15, 0.2) is 36.4 Å². The van der Waals surface area contributed by atoms with Gasteiger partial charge in [-0.3, -0.25) is 0 Å². The second-order valence-corrected chi connectivity index (χ2v) is 5.17. The average Bonchev–Trinajstić information content (AvgIpc) is 2.49. The molecule has 4 heteroatoms. The van der Waals surface area contributed by atoms with E-state index in [4.69, 9.17) is 21.1 Å². The quantitative estimate of drug-likeness (QED) is 0.841. The van der Waals surface area contributed by atoms with E-state index in [1.54, 1.807) is 7.11 Å². The number of anilines is 1. The van der Waals surface area contributed by atoms with E-state index in [0.29, 0.717) is 13.2 Å². The van der Waals surface area contributed by atoms with Gasteiger partial charge in [-0.1, -0.05) is 23.7 Å². The van der Waals surface area contributed by atoms with E-state index in [1.807, 2.05) is 43.3 Å². The largest absolute Gasteiger partial charge is 0.493 e. The molecule has 0 atom stereocenters. The fraction of sp³-hybridized carbons (Fsp3) is 0.294. The van der Waals surface area contributed by atoms with E-state index >= 15 is 0 Å². The van der Waals surface area contributed by atoms with Crippen molar-refractivity contribution in [1.82, 2.24) is 0 Å². The van der Waals surface area contributed by atoms with Crippen LogP contribution >= 0.6 is 11.6 Å². The molecule has 0 radical (unpaired) electrons. The van der Waals surface area contributed by atoms with Crippen LogP contribution in [0.1, 0.15) is 18.1 Å². The Morgan fingerprint density at radius 2 is 1.90 bits per heavy atom. The van der Waals surface area contributed by atoms with Gasteiger partial charge in [-0.2, -0.15) is 0 Å². The molecule has 1 N–H and O–H groups in total. The number of rotatable bonds is 6. The summed E-state index contributed by atoms with van der Waals surface area (Å²) in [5.41, 5.74) is 3.33. The molecule has 0 fully saturated rings. The van der Waals surface area contributed by atoms with Crippen LogP contribution in [0.2, 0.25) is 5.02 Å². The number of halogens is 1. The van der Waals surface area contributed by atoms with Crippen LogP contribution in [0, 0.1) is 6.92 Å². The predicted molar refractivity (Wildman–Crippen MR) is 87.7 cm³/mol. The molecule has 2 aromatic rings. The molecular weight excluding hydrogens is 286 g/mol. The van der Waals surface area contributed by atoms with Crippen molar-refractivity contribution in [1.29, 1.82) is 0 Å². The lowest BCUT2D eigenvalue weighted by atomic mass is 10.1. The Morgan fingerprint density at radius 3 is 2.62 bits per heavy atom. The van der Waals surface area contributed by atoms with Crippen LogP contribution in [-0.4, -0.2) is 13.7 Å². The number of hydrogen-bond acceptors (Lipinski definition) is 3. The lowest BCUT2D eigenvalue weighted by Crippen LogP contribution is -2.02. The van der Waals surface area contributed by atoms with E-state index in [1.165, 1.54) is 0 Å². The predicted octanol–water partition coefficient (Wildman–Crippen LogP) is 4.67. The Bertz CT molecular complexity index is 614. The highest BCUT2D eigenvalue weighted by Gasteiger charge is 2.06. The second kappa shape index (κ2) is 7.23. The zero-order valence-electron chi connectivity index (χ0n) is 12.6. The van der Waals surface area contributed by atoms with E-state index in [0.717, 1.165) is 33.3 Å². The van der Waals surface area contributed by atoms with Crippen LogP contribution < -0.4 is 14.8 Å². The second-order valence-electron chi connectivity index (χ2n) is 4.73. The maximum Gasteiger partial charge on any atom is 0.161 e. The van der Waals surface area contributed by atoms with Crippen molar-refractivity contribution < 1.29 is 9.47 Å². The zero-order chi connectivity index (χ0) is 15.2. The minimum atomic E-state index is 0.612.